The van der Waals surface area contributed by atoms with Crippen LogP contribution in [0.5, 0.6) is 0 Å². The van der Waals surface area contributed by atoms with Crippen molar-refractivity contribution in [2.45, 2.75) is 6.92 Å². The largest absolute Gasteiger partial charge is 0.586 e. The normalized spacial score (nSPS) is 15.8. The van der Waals surface area contributed by atoms with Gasteiger partial charge in [-0.3, -0.25) is 4.52 Å². The second-order valence-corrected chi connectivity index (χ2v) is 3.16. The lowest BCUT2D eigenvalue weighted by atomic mass is 10.8. The highest BCUT2D eigenvalue weighted by Crippen LogP contribution is 2.48. The molecule has 0 aliphatic rings. The van der Waals surface area contributed by atoms with Gasteiger partial charge in [0.25, 0.3) is 0 Å². The topological polar surface area (TPSA) is 44.8 Å². The molecule has 0 aromatic heterocycles. The molecule has 0 saturated heterocycles. The maximum Gasteiger partial charge on any atom is 0.586 e. The van der Waals surface area contributed by atoms with Crippen molar-refractivity contribution >= 4 is 7.82 Å². The highest BCUT2D eigenvalue weighted by atomic mass is 31.2. The third-order valence-electron chi connectivity index (χ3n) is 0.753. The number of allylic oxidation sites excluding steroid dienone is 1. The van der Waals surface area contributed by atoms with Gasteiger partial charge in [0.05, 0.1) is 12.5 Å². The number of phosphoric ester groups is 1. The lowest BCUT2D eigenvalue weighted by Gasteiger charge is -2.10. The maximum atomic E-state index is 11.2. The van der Waals surface area contributed by atoms with E-state index in [0.717, 1.165) is 6.26 Å². The Kier molecular flexibility index (Phi) is 4.66. The first kappa shape index (κ1) is 10.3. The zero-order valence-corrected chi connectivity index (χ0v) is 7.41. The highest BCUT2D eigenvalue weighted by molar-refractivity contribution is 7.48. The Morgan fingerprint density at radius 1 is 1.45 bits per heavy atom. The Bertz CT molecular complexity index is 187. The fourth-order valence-electron chi connectivity index (χ4n) is 0.338. The van der Waals surface area contributed by atoms with Crippen LogP contribution in [0.15, 0.2) is 25.2 Å². The molecule has 0 saturated carbocycles. The smallest absolute Gasteiger partial charge is 0.404 e. The quantitative estimate of drug-likeness (QED) is 0.479. The molecule has 0 aromatic carbocycles. The standard InChI is InChI=1S/C6H11O4P/c1-4-6-10-11(7,8-3)9-5-2/h4-6H,2H2,1,3H3. The van der Waals surface area contributed by atoms with E-state index in [1.165, 1.54) is 13.4 Å². The molecule has 0 radical (unpaired) electrons. The van der Waals surface area contributed by atoms with Gasteiger partial charge in [-0.15, -0.1) is 0 Å². The Balaban J connectivity index is 4.09. The minimum absolute atomic E-state index is 1.01. The van der Waals surface area contributed by atoms with Crippen molar-refractivity contribution < 1.29 is 18.1 Å². The van der Waals surface area contributed by atoms with Crippen molar-refractivity contribution in [2.24, 2.45) is 0 Å². The van der Waals surface area contributed by atoms with Gasteiger partial charge in [-0.05, 0) is 6.92 Å². The summed E-state index contributed by atoms with van der Waals surface area (Å²) in [5.74, 6) is 0. The van der Waals surface area contributed by atoms with Gasteiger partial charge in [-0.1, -0.05) is 12.7 Å². The highest BCUT2D eigenvalue weighted by Gasteiger charge is 2.23. The van der Waals surface area contributed by atoms with Gasteiger partial charge < -0.3 is 9.05 Å². The molecule has 0 aromatic rings. The molecule has 0 bridgehead atoms. The van der Waals surface area contributed by atoms with Crippen molar-refractivity contribution in [1.82, 2.24) is 0 Å². The van der Waals surface area contributed by atoms with Crippen LogP contribution in [0, 0.1) is 0 Å². The lowest BCUT2D eigenvalue weighted by molar-refractivity contribution is 0.211. The van der Waals surface area contributed by atoms with Crippen molar-refractivity contribution in [2.75, 3.05) is 7.11 Å². The Morgan fingerprint density at radius 3 is 2.45 bits per heavy atom. The molecule has 4 nitrogen and oxygen atoms in total. The monoisotopic (exact) mass is 178 g/mol. The van der Waals surface area contributed by atoms with Gasteiger partial charge in [-0.2, -0.15) is 0 Å². The third kappa shape index (κ3) is 3.86. The van der Waals surface area contributed by atoms with E-state index in [2.05, 4.69) is 20.2 Å². The molecule has 1 atom stereocenters. The average Bonchev–Trinajstić information content (AvgIpc) is 2.02. The van der Waals surface area contributed by atoms with Gasteiger partial charge in [-0.25, -0.2) is 4.57 Å². The van der Waals surface area contributed by atoms with Crippen LogP contribution in [0.4, 0.5) is 0 Å². The molecule has 0 aliphatic heterocycles. The third-order valence-corrected chi connectivity index (χ3v) is 1.99. The lowest BCUT2D eigenvalue weighted by Crippen LogP contribution is -1.87. The molecule has 0 fully saturated rings. The molecule has 1 unspecified atom stereocenters. The first-order chi connectivity index (χ1) is 5.18. The molecule has 11 heavy (non-hydrogen) atoms. The van der Waals surface area contributed by atoms with Crippen LogP contribution in [0.3, 0.4) is 0 Å². The Labute approximate surface area is 66.1 Å². The summed E-state index contributed by atoms with van der Waals surface area (Å²) in [6.07, 6.45) is 3.81. The van der Waals surface area contributed by atoms with Crippen LogP contribution < -0.4 is 0 Å². The number of hydrogen-bond donors (Lipinski definition) is 0. The number of rotatable bonds is 5. The molecule has 0 spiro atoms. The summed E-state index contributed by atoms with van der Waals surface area (Å²) >= 11 is 0. The van der Waals surface area contributed by atoms with Crippen LogP contribution in [0.2, 0.25) is 0 Å². The van der Waals surface area contributed by atoms with Crippen molar-refractivity contribution in [1.29, 1.82) is 0 Å². The Morgan fingerprint density at radius 2 is 2.09 bits per heavy atom. The van der Waals surface area contributed by atoms with Crippen LogP contribution >= 0.6 is 7.82 Å². The average molecular weight is 178 g/mol. The van der Waals surface area contributed by atoms with E-state index < -0.39 is 7.82 Å². The second kappa shape index (κ2) is 4.99. The summed E-state index contributed by atoms with van der Waals surface area (Å²) in [5.41, 5.74) is 0. The summed E-state index contributed by atoms with van der Waals surface area (Å²) in [4.78, 5) is 0. The summed E-state index contributed by atoms with van der Waals surface area (Å²) in [6, 6.07) is 0. The van der Waals surface area contributed by atoms with Gasteiger partial charge in [0.15, 0.2) is 0 Å². The zero-order valence-electron chi connectivity index (χ0n) is 6.52. The molecule has 0 amide bonds. The predicted molar refractivity (Wildman–Crippen MR) is 41.8 cm³/mol. The second-order valence-electron chi connectivity index (χ2n) is 1.48. The van der Waals surface area contributed by atoms with Crippen molar-refractivity contribution in [3.05, 3.63) is 25.2 Å². The molecule has 0 N–H and O–H groups in total. The van der Waals surface area contributed by atoms with E-state index in [0.29, 0.717) is 0 Å². The maximum absolute atomic E-state index is 11.2. The van der Waals surface area contributed by atoms with Crippen LogP contribution in [-0.4, -0.2) is 7.11 Å². The van der Waals surface area contributed by atoms with E-state index in [9.17, 15) is 4.57 Å². The predicted octanol–water partition coefficient (Wildman–Crippen LogP) is 2.45. The summed E-state index contributed by atoms with van der Waals surface area (Å²) in [5, 5.41) is 0. The first-order valence-electron chi connectivity index (χ1n) is 2.93. The van der Waals surface area contributed by atoms with Crippen LogP contribution in [0.25, 0.3) is 0 Å². The minimum Gasteiger partial charge on any atom is -0.404 e. The molecule has 0 heterocycles. The molecule has 5 heteroatoms. The number of phosphoric acid groups is 1. The van der Waals surface area contributed by atoms with Gasteiger partial charge >= 0.3 is 7.82 Å². The molecule has 0 rings (SSSR count). The molecular formula is C6H11O4P. The molecule has 0 aliphatic carbocycles. The molecular weight excluding hydrogens is 167 g/mol. The first-order valence-corrected chi connectivity index (χ1v) is 4.39. The van der Waals surface area contributed by atoms with E-state index in [1.807, 2.05) is 0 Å². The summed E-state index contributed by atoms with van der Waals surface area (Å²) in [7, 11) is -2.19. The van der Waals surface area contributed by atoms with Gasteiger partial charge in [0.1, 0.15) is 0 Å². The zero-order chi connectivity index (χ0) is 8.74. The SMILES string of the molecule is C=COP(=O)(OC)OC=CC. The summed E-state index contributed by atoms with van der Waals surface area (Å²) < 4.78 is 24.8. The fourth-order valence-corrected chi connectivity index (χ4v) is 1.01. The van der Waals surface area contributed by atoms with Gasteiger partial charge in [0, 0.05) is 7.11 Å². The van der Waals surface area contributed by atoms with E-state index >= 15 is 0 Å². The summed E-state index contributed by atoms with van der Waals surface area (Å²) in [6.45, 7) is 4.94. The van der Waals surface area contributed by atoms with Crippen LogP contribution in [0.1, 0.15) is 6.92 Å². The van der Waals surface area contributed by atoms with Crippen molar-refractivity contribution in [3.63, 3.8) is 0 Å². The van der Waals surface area contributed by atoms with Gasteiger partial charge in [0.2, 0.25) is 0 Å². The van der Waals surface area contributed by atoms with E-state index in [-0.39, 0.29) is 0 Å². The van der Waals surface area contributed by atoms with Crippen molar-refractivity contribution in [3.8, 4) is 0 Å². The number of hydrogen-bond acceptors (Lipinski definition) is 4. The van der Waals surface area contributed by atoms with E-state index in [4.69, 9.17) is 0 Å². The minimum atomic E-state index is -3.42. The van der Waals surface area contributed by atoms with Crippen LogP contribution in [-0.2, 0) is 18.1 Å². The van der Waals surface area contributed by atoms with E-state index in [1.54, 1.807) is 13.0 Å². The Hall–Kier alpha value is -0.730. The molecule has 64 valence electrons. The fraction of sp³-hybridized carbons (Fsp3) is 0.333.